The van der Waals surface area contributed by atoms with E-state index in [-0.39, 0.29) is 12.0 Å². The molecule has 0 bridgehead atoms. The third-order valence-corrected chi connectivity index (χ3v) is 3.37. The molecule has 2 aromatic carbocycles. The van der Waals surface area contributed by atoms with Crippen molar-refractivity contribution in [1.82, 2.24) is 5.32 Å². The summed E-state index contributed by atoms with van der Waals surface area (Å²) in [6.07, 6.45) is 0.230. The lowest BCUT2D eigenvalue weighted by Gasteiger charge is -2.27. The van der Waals surface area contributed by atoms with Crippen LogP contribution in [0.5, 0.6) is 5.75 Å². The molecule has 1 amide bonds. The molecule has 0 atom stereocenters. The summed E-state index contributed by atoms with van der Waals surface area (Å²) in [5.74, 6) is 0.585. The summed E-state index contributed by atoms with van der Waals surface area (Å²) in [5.41, 5.74) is 7.53. The first-order valence-electron chi connectivity index (χ1n) is 6.85. The Morgan fingerprint density at radius 1 is 1.14 bits per heavy atom. The van der Waals surface area contributed by atoms with E-state index in [0.29, 0.717) is 16.9 Å². The van der Waals surface area contributed by atoms with Crippen LogP contribution in [-0.2, 0) is 0 Å². The molecular formula is C16H17N3O2. The van der Waals surface area contributed by atoms with E-state index in [1.807, 2.05) is 24.3 Å². The van der Waals surface area contributed by atoms with E-state index in [2.05, 4.69) is 10.6 Å². The summed E-state index contributed by atoms with van der Waals surface area (Å²) in [4.78, 5) is 12.1. The van der Waals surface area contributed by atoms with E-state index in [4.69, 9.17) is 10.5 Å². The van der Waals surface area contributed by atoms with Crippen molar-refractivity contribution in [3.05, 3.63) is 54.1 Å². The van der Waals surface area contributed by atoms with Crippen LogP contribution in [0.4, 0.5) is 11.4 Å². The first-order valence-corrected chi connectivity index (χ1v) is 6.85. The number of benzene rings is 2. The third-order valence-electron chi connectivity index (χ3n) is 3.37. The van der Waals surface area contributed by atoms with Gasteiger partial charge in [0.15, 0.2) is 0 Å². The van der Waals surface area contributed by atoms with E-state index >= 15 is 0 Å². The maximum absolute atomic E-state index is 12.1. The highest BCUT2D eigenvalue weighted by atomic mass is 16.5. The summed E-state index contributed by atoms with van der Waals surface area (Å²) < 4.78 is 5.71. The summed E-state index contributed by atoms with van der Waals surface area (Å²) in [6, 6.07) is 14.3. The summed E-state index contributed by atoms with van der Waals surface area (Å²) in [5, 5.41) is 5.94. The molecular weight excluding hydrogens is 266 g/mol. The van der Waals surface area contributed by atoms with Crippen LogP contribution in [0.15, 0.2) is 48.5 Å². The van der Waals surface area contributed by atoms with Gasteiger partial charge < -0.3 is 21.1 Å². The van der Waals surface area contributed by atoms with Crippen molar-refractivity contribution in [2.45, 2.75) is 6.10 Å². The van der Waals surface area contributed by atoms with Gasteiger partial charge >= 0.3 is 0 Å². The number of anilines is 2. The van der Waals surface area contributed by atoms with Crippen LogP contribution >= 0.6 is 0 Å². The number of nitrogens with one attached hydrogen (secondary N) is 2. The normalized spacial score (nSPS) is 14.3. The minimum Gasteiger partial charge on any atom is -0.488 e. The van der Waals surface area contributed by atoms with Crippen LogP contribution in [0.1, 0.15) is 10.4 Å². The van der Waals surface area contributed by atoms with Crippen molar-refractivity contribution in [3.8, 4) is 5.75 Å². The molecule has 0 unspecified atom stereocenters. The van der Waals surface area contributed by atoms with Gasteiger partial charge in [-0.1, -0.05) is 12.1 Å². The number of para-hydroxylation sites is 2. The average Bonchev–Trinajstić information content (AvgIpc) is 2.46. The Bertz CT molecular complexity index is 636. The van der Waals surface area contributed by atoms with Crippen molar-refractivity contribution < 1.29 is 9.53 Å². The standard InChI is InChI=1S/C16H17N3O2/c17-14-3-1-2-4-15(14)19-16(20)11-5-7-12(8-6-11)21-13-9-18-10-13/h1-8,13,18H,9-10,17H2,(H,19,20). The fourth-order valence-corrected chi connectivity index (χ4v) is 2.03. The van der Waals surface area contributed by atoms with Crippen LogP contribution < -0.4 is 21.1 Å². The predicted octanol–water partition coefficient (Wildman–Crippen LogP) is 1.87. The quantitative estimate of drug-likeness (QED) is 0.749. The second-order valence-corrected chi connectivity index (χ2v) is 4.96. The smallest absolute Gasteiger partial charge is 0.255 e. The molecule has 3 rings (SSSR count). The molecule has 0 aromatic heterocycles. The van der Waals surface area contributed by atoms with Crippen molar-refractivity contribution in [1.29, 1.82) is 0 Å². The SMILES string of the molecule is Nc1ccccc1NC(=O)c1ccc(OC2CNC2)cc1. The zero-order valence-corrected chi connectivity index (χ0v) is 11.5. The number of hydrogen-bond acceptors (Lipinski definition) is 4. The maximum Gasteiger partial charge on any atom is 0.255 e. The Morgan fingerprint density at radius 3 is 2.48 bits per heavy atom. The Morgan fingerprint density at radius 2 is 1.86 bits per heavy atom. The fourth-order valence-electron chi connectivity index (χ4n) is 2.03. The van der Waals surface area contributed by atoms with E-state index in [1.165, 1.54) is 0 Å². The van der Waals surface area contributed by atoms with Gasteiger partial charge in [0, 0.05) is 18.7 Å². The van der Waals surface area contributed by atoms with E-state index < -0.39 is 0 Å². The predicted molar refractivity (Wildman–Crippen MR) is 82.5 cm³/mol. The second-order valence-electron chi connectivity index (χ2n) is 4.96. The highest BCUT2D eigenvalue weighted by Crippen LogP contribution is 2.19. The topological polar surface area (TPSA) is 76.4 Å². The Kier molecular flexibility index (Phi) is 3.75. The Labute approximate surface area is 123 Å². The molecule has 4 N–H and O–H groups in total. The van der Waals surface area contributed by atoms with Crippen molar-refractivity contribution >= 4 is 17.3 Å². The molecule has 1 heterocycles. The lowest BCUT2D eigenvalue weighted by Crippen LogP contribution is -2.50. The minimum absolute atomic E-state index is 0.190. The van der Waals surface area contributed by atoms with Gasteiger partial charge in [0.25, 0.3) is 5.91 Å². The number of carbonyl (C=O) groups excluding carboxylic acids is 1. The number of rotatable bonds is 4. The second kappa shape index (κ2) is 5.85. The number of amides is 1. The largest absolute Gasteiger partial charge is 0.488 e. The lowest BCUT2D eigenvalue weighted by atomic mass is 10.2. The third kappa shape index (κ3) is 3.14. The van der Waals surface area contributed by atoms with Gasteiger partial charge in [-0.3, -0.25) is 4.79 Å². The molecule has 5 heteroatoms. The van der Waals surface area contributed by atoms with Crippen LogP contribution in [0.25, 0.3) is 0 Å². The van der Waals surface area contributed by atoms with Crippen LogP contribution in [-0.4, -0.2) is 25.1 Å². The first-order chi connectivity index (χ1) is 10.2. The molecule has 2 aromatic rings. The molecule has 1 aliphatic rings. The molecule has 108 valence electrons. The fraction of sp³-hybridized carbons (Fsp3) is 0.188. The summed E-state index contributed by atoms with van der Waals surface area (Å²) in [6.45, 7) is 1.74. The molecule has 0 radical (unpaired) electrons. The lowest BCUT2D eigenvalue weighted by molar-refractivity contribution is 0.102. The van der Waals surface area contributed by atoms with Gasteiger partial charge in [-0.25, -0.2) is 0 Å². The monoisotopic (exact) mass is 283 g/mol. The van der Waals surface area contributed by atoms with E-state index in [1.54, 1.807) is 24.3 Å². The molecule has 0 saturated carbocycles. The maximum atomic E-state index is 12.1. The van der Waals surface area contributed by atoms with Gasteiger partial charge in [0.1, 0.15) is 11.9 Å². The van der Waals surface area contributed by atoms with Gasteiger partial charge in [-0.05, 0) is 36.4 Å². The zero-order valence-electron chi connectivity index (χ0n) is 11.5. The molecule has 0 aliphatic carbocycles. The van der Waals surface area contributed by atoms with E-state index in [0.717, 1.165) is 18.8 Å². The van der Waals surface area contributed by atoms with Crippen molar-refractivity contribution in [2.75, 3.05) is 24.1 Å². The van der Waals surface area contributed by atoms with Crippen molar-refractivity contribution in [3.63, 3.8) is 0 Å². The first kappa shape index (κ1) is 13.5. The van der Waals surface area contributed by atoms with Crippen LogP contribution in [0.3, 0.4) is 0 Å². The van der Waals surface area contributed by atoms with Gasteiger partial charge in [-0.2, -0.15) is 0 Å². The Hall–Kier alpha value is -2.53. The van der Waals surface area contributed by atoms with Crippen LogP contribution in [0, 0.1) is 0 Å². The number of ether oxygens (including phenoxy) is 1. The van der Waals surface area contributed by atoms with Gasteiger partial charge in [0.2, 0.25) is 0 Å². The number of hydrogen-bond donors (Lipinski definition) is 3. The summed E-state index contributed by atoms with van der Waals surface area (Å²) >= 11 is 0. The van der Waals surface area contributed by atoms with Crippen LogP contribution in [0.2, 0.25) is 0 Å². The van der Waals surface area contributed by atoms with E-state index in [9.17, 15) is 4.79 Å². The number of carbonyl (C=O) groups is 1. The number of nitrogen functional groups attached to an aromatic ring is 1. The van der Waals surface area contributed by atoms with Crippen molar-refractivity contribution in [2.24, 2.45) is 0 Å². The van der Waals surface area contributed by atoms with Gasteiger partial charge in [-0.15, -0.1) is 0 Å². The highest BCUT2D eigenvalue weighted by Gasteiger charge is 2.18. The summed E-state index contributed by atoms with van der Waals surface area (Å²) in [7, 11) is 0. The molecule has 1 saturated heterocycles. The average molecular weight is 283 g/mol. The molecule has 5 nitrogen and oxygen atoms in total. The molecule has 21 heavy (non-hydrogen) atoms. The Balaban J connectivity index is 1.65. The highest BCUT2D eigenvalue weighted by molar-refractivity contribution is 6.05. The number of nitrogens with two attached hydrogens (primary N) is 1. The minimum atomic E-state index is -0.190. The molecule has 1 fully saturated rings. The zero-order chi connectivity index (χ0) is 14.7. The molecule has 0 spiro atoms. The van der Waals surface area contributed by atoms with Gasteiger partial charge in [0.05, 0.1) is 11.4 Å². The molecule has 1 aliphatic heterocycles.